The molecule has 36 heavy (non-hydrogen) atoms. The summed E-state index contributed by atoms with van der Waals surface area (Å²) in [7, 11) is 1.65. The third-order valence-corrected chi connectivity index (χ3v) is 5.98. The smallest absolute Gasteiger partial charge is 0.175 e. The van der Waals surface area contributed by atoms with Crippen molar-refractivity contribution in [2.24, 2.45) is 0 Å². The van der Waals surface area contributed by atoms with Crippen LogP contribution >= 0.6 is 0 Å². The highest BCUT2D eigenvalue weighted by Crippen LogP contribution is 2.32. The van der Waals surface area contributed by atoms with Gasteiger partial charge in [0.2, 0.25) is 0 Å². The summed E-state index contributed by atoms with van der Waals surface area (Å²) in [6.07, 6.45) is 0. The highest BCUT2D eigenvalue weighted by molar-refractivity contribution is 5.96. The van der Waals surface area contributed by atoms with Crippen LogP contribution in [0.2, 0.25) is 0 Å². The van der Waals surface area contributed by atoms with E-state index in [9.17, 15) is 5.11 Å². The maximum atomic E-state index is 9.44. The van der Waals surface area contributed by atoms with Crippen LogP contribution in [0.1, 0.15) is 26.5 Å². The molecule has 2 heterocycles. The van der Waals surface area contributed by atoms with Crippen LogP contribution in [-0.4, -0.2) is 45.1 Å². The number of aromatic nitrogens is 4. The largest absolute Gasteiger partial charge is 0.497 e. The number of ether oxygens (including phenoxy) is 1. The summed E-state index contributed by atoms with van der Waals surface area (Å²) in [5.41, 5.74) is 3.22. The summed E-state index contributed by atoms with van der Waals surface area (Å²) in [5.74, 6) is 2.65. The molecular formula is C28H30N6O2. The van der Waals surface area contributed by atoms with E-state index >= 15 is 0 Å². The van der Waals surface area contributed by atoms with Crippen LogP contribution in [0.5, 0.6) is 5.75 Å². The van der Waals surface area contributed by atoms with Gasteiger partial charge in [-0.1, -0.05) is 45.0 Å². The molecule has 3 N–H and O–H groups in total. The van der Waals surface area contributed by atoms with Gasteiger partial charge >= 0.3 is 0 Å². The molecule has 0 bridgehead atoms. The summed E-state index contributed by atoms with van der Waals surface area (Å²) in [5, 5.41) is 23.2. The van der Waals surface area contributed by atoms with E-state index in [0.717, 1.165) is 44.8 Å². The third-order valence-electron chi connectivity index (χ3n) is 5.98. The van der Waals surface area contributed by atoms with Crippen LogP contribution in [0.4, 0.5) is 17.5 Å². The van der Waals surface area contributed by atoms with Gasteiger partial charge in [-0.3, -0.25) is 0 Å². The van der Waals surface area contributed by atoms with Crippen molar-refractivity contribution >= 4 is 39.3 Å². The average molecular weight is 483 g/mol. The fourth-order valence-electron chi connectivity index (χ4n) is 4.01. The Morgan fingerprint density at radius 3 is 2.11 bits per heavy atom. The molecule has 0 fully saturated rings. The van der Waals surface area contributed by atoms with Crippen molar-refractivity contribution in [3.63, 3.8) is 0 Å². The van der Waals surface area contributed by atoms with Gasteiger partial charge in [-0.15, -0.1) is 0 Å². The quantitative estimate of drug-likeness (QED) is 0.266. The molecule has 184 valence electrons. The number of aliphatic hydroxyl groups excluding tert-OH is 1. The van der Waals surface area contributed by atoms with E-state index in [4.69, 9.17) is 19.8 Å². The zero-order valence-electron chi connectivity index (χ0n) is 20.9. The van der Waals surface area contributed by atoms with Crippen molar-refractivity contribution < 1.29 is 9.84 Å². The molecule has 0 aliphatic rings. The molecular weight excluding hydrogens is 452 g/mol. The summed E-state index contributed by atoms with van der Waals surface area (Å²) in [6, 6.07) is 22.0. The molecule has 0 unspecified atom stereocenters. The van der Waals surface area contributed by atoms with Crippen LogP contribution < -0.4 is 15.4 Å². The van der Waals surface area contributed by atoms with Gasteiger partial charge in [-0.05, 0) is 47.2 Å². The molecule has 5 aromatic rings. The summed E-state index contributed by atoms with van der Waals surface area (Å²) in [6.45, 7) is 6.73. The van der Waals surface area contributed by atoms with Crippen molar-refractivity contribution in [2.75, 3.05) is 30.9 Å². The Kier molecular flexibility index (Phi) is 6.20. The van der Waals surface area contributed by atoms with Gasteiger partial charge in [-0.2, -0.15) is 5.10 Å². The molecule has 5 rings (SSSR count). The lowest BCUT2D eigenvalue weighted by Crippen LogP contribution is -2.12. The number of rotatable bonds is 7. The van der Waals surface area contributed by atoms with Crippen LogP contribution in [0, 0.1) is 0 Å². The number of nitrogens with one attached hydrogen (secondary N) is 2. The van der Waals surface area contributed by atoms with E-state index in [-0.39, 0.29) is 12.0 Å². The zero-order valence-corrected chi connectivity index (χ0v) is 20.9. The Morgan fingerprint density at radius 2 is 1.53 bits per heavy atom. The molecule has 0 saturated carbocycles. The van der Waals surface area contributed by atoms with Gasteiger partial charge in [0, 0.05) is 18.0 Å². The first-order valence-corrected chi connectivity index (χ1v) is 11.9. The van der Waals surface area contributed by atoms with E-state index in [2.05, 4.69) is 43.5 Å². The summed E-state index contributed by atoms with van der Waals surface area (Å²) in [4.78, 5) is 9.77. The van der Waals surface area contributed by atoms with Gasteiger partial charge in [0.25, 0.3) is 0 Å². The maximum Gasteiger partial charge on any atom is 0.175 e. The Hall–Kier alpha value is -4.17. The summed E-state index contributed by atoms with van der Waals surface area (Å²) >= 11 is 0. The number of nitrogens with zero attached hydrogens (tertiary/aromatic N) is 4. The molecule has 0 amide bonds. The number of hydrogen-bond donors (Lipinski definition) is 3. The maximum absolute atomic E-state index is 9.44. The van der Waals surface area contributed by atoms with E-state index in [1.165, 1.54) is 0 Å². The number of methoxy groups -OCH3 is 1. The first kappa shape index (κ1) is 23.6. The zero-order chi connectivity index (χ0) is 25.3. The van der Waals surface area contributed by atoms with E-state index in [0.29, 0.717) is 18.2 Å². The van der Waals surface area contributed by atoms with Crippen LogP contribution in [-0.2, 0) is 5.41 Å². The highest BCUT2D eigenvalue weighted by Gasteiger charge is 2.22. The SMILES string of the molecule is COc1ccc(-n2nc(C(C)(C)C)cc2Nc2nc3cc4ccccc4cc3nc2NCCO)cc1. The molecule has 3 aromatic carbocycles. The van der Waals surface area contributed by atoms with Crippen molar-refractivity contribution in [1.29, 1.82) is 0 Å². The van der Waals surface area contributed by atoms with Gasteiger partial charge in [0.05, 0.1) is 36.1 Å². The number of fused-ring (bicyclic) bond motifs is 2. The lowest BCUT2D eigenvalue weighted by atomic mass is 9.92. The fourth-order valence-corrected chi connectivity index (χ4v) is 4.01. The van der Waals surface area contributed by atoms with E-state index in [1.54, 1.807) is 7.11 Å². The third kappa shape index (κ3) is 4.67. The van der Waals surface area contributed by atoms with Gasteiger partial charge in [0.1, 0.15) is 11.6 Å². The molecule has 0 aliphatic carbocycles. The molecule has 0 atom stereocenters. The van der Waals surface area contributed by atoms with Gasteiger partial charge in [-0.25, -0.2) is 14.6 Å². The van der Waals surface area contributed by atoms with Crippen molar-refractivity contribution in [3.8, 4) is 11.4 Å². The second-order valence-electron chi connectivity index (χ2n) is 9.66. The molecule has 8 heteroatoms. The average Bonchev–Trinajstić information content (AvgIpc) is 3.31. The van der Waals surface area contributed by atoms with Crippen LogP contribution in [0.15, 0.2) is 66.7 Å². The second kappa shape index (κ2) is 9.47. The molecule has 0 aliphatic heterocycles. The van der Waals surface area contributed by atoms with Crippen molar-refractivity contribution in [3.05, 3.63) is 72.4 Å². The minimum atomic E-state index is -0.153. The van der Waals surface area contributed by atoms with Gasteiger partial charge in [0.15, 0.2) is 11.6 Å². The Labute approximate surface area is 210 Å². The minimum Gasteiger partial charge on any atom is -0.497 e. The van der Waals surface area contributed by atoms with E-state index < -0.39 is 0 Å². The molecule has 0 saturated heterocycles. The lowest BCUT2D eigenvalue weighted by molar-refractivity contribution is 0.311. The van der Waals surface area contributed by atoms with Crippen LogP contribution in [0.25, 0.3) is 27.5 Å². The number of hydrogen-bond acceptors (Lipinski definition) is 7. The number of aliphatic hydroxyl groups is 1. The fraction of sp³-hybridized carbons (Fsp3) is 0.250. The van der Waals surface area contributed by atoms with Crippen LogP contribution in [0.3, 0.4) is 0 Å². The monoisotopic (exact) mass is 482 g/mol. The molecule has 0 radical (unpaired) electrons. The normalized spacial score (nSPS) is 11.7. The Bertz CT molecular complexity index is 1520. The Morgan fingerprint density at radius 1 is 0.889 bits per heavy atom. The number of benzene rings is 3. The second-order valence-corrected chi connectivity index (χ2v) is 9.66. The predicted molar refractivity (Wildman–Crippen MR) is 145 cm³/mol. The molecule has 2 aromatic heterocycles. The van der Waals surface area contributed by atoms with Crippen molar-refractivity contribution in [2.45, 2.75) is 26.2 Å². The predicted octanol–water partition coefficient (Wildman–Crippen LogP) is 5.42. The lowest BCUT2D eigenvalue weighted by Gasteiger charge is -2.14. The first-order valence-electron chi connectivity index (χ1n) is 11.9. The van der Waals surface area contributed by atoms with E-state index in [1.807, 2.05) is 59.3 Å². The standard InChI is InChI=1S/C28H30N6O2/c1-28(2,3)24-17-25(34(33-24)20-9-11-21(36-4)12-10-20)32-27-26(29-13-14-35)30-22-15-18-7-5-6-8-19(18)16-23(22)31-27/h5-12,15-17,35H,13-14H2,1-4H3,(H,29,30)(H,31,32). The molecule has 8 nitrogen and oxygen atoms in total. The Balaban J connectivity index is 1.63. The summed E-state index contributed by atoms with van der Waals surface area (Å²) < 4.78 is 7.19. The highest BCUT2D eigenvalue weighted by atomic mass is 16.5. The molecule has 0 spiro atoms. The minimum absolute atomic E-state index is 0.0190. The number of anilines is 3. The topological polar surface area (TPSA) is 97.1 Å². The van der Waals surface area contributed by atoms with Crippen molar-refractivity contribution in [1.82, 2.24) is 19.7 Å². The van der Waals surface area contributed by atoms with Gasteiger partial charge < -0.3 is 20.5 Å². The first-order chi connectivity index (χ1) is 17.4.